The van der Waals surface area contributed by atoms with Crippen LogP contribution in [0.15, 0.2) is 0 Å². The lowest BCUT2D eigenvalue weighted by Gasteiger charge is -2.37. The molecule has 2 aliphatic carbocycles. The maximum atomic E-state index is 12.1. The molecule has 2 aliphatic rings. The van der Waals surface area contributed by atoms with Gasteiger partial charge in [0.25, 0.3) is 0 Å². The summed E-state index contributed by atoms with van der Waals surface area (Å²) in [4.78, 5) is 23.4. The average Bonchev–Trinajstić information content (AvgIpc) is 2.52. The zero-order chi connectivity index (χ0) is 12.1. The average molecular weight is 225 g/mol. The first kappa shape index (κ1) is 11.6. The van der Waals surface area contributed by atoms with Crippen LogP contribution in [0, 0.1) is 16.7 Å². The fraction of sp³-hybridized carbons (Fsp3) is 0.833. The van der Waals surface area contributed by atoms with Crippen LogP contribution in [0.3, 0.4) is 0 Å². The Hall–Kier alpha value is -0.900. The molecule has 0 amide bonds. The predicted octanol–water partition coefficient (Wildman–Crippen LogP) is 0.882. The molecule has 0 unspecified atom stereocenters. The van der Waals surface area contributed by atoms with Gasteiger partial charge in [0.2, 0.25) is 0 Å². The van der Waals surface area contributed by atoms with Crippen molar-refractivity contribution in [1.82, 2.24) is 0 Å². The number of ether oxygens (including phenoxy) is 1. The van der Waals surface area contributed by atoms with Crippen LogP contribution in [0.1, 0.15) is 33.6 Å². The molecule has 0 spiro atoms. The smallest absolute Gasteiger partial charge is 0.320 e. The second-order valence-electron chi connectivity index (χ2n) is 5.71. The second kappa shape index (κ2) is 3.29. The zero-order valence-electron chi connectivity index (χ0n) is 10.1. The molecule has 0 aromatic carbocycles. The van der Waals surface area contributed by atoms with Crippen molar-refractivity contribution in [2.75, 3.05) is 6.54 Å². The molecular formula is C12H19NO3. The third kappa shape index (κ3) is 1.19. The lowest BCUT2D eigenvalue weighted by Crippen LogP contribution is -2.42. The van der Waals surface area contributed by atoms with Crippen molar-refractivity contribution in [2.45, 2.75) is 39.7 Å². The number of nitrogens with two attached hydrogens (primary N) is 1. The van der Waals surface area contributed by atoms with E-state index in [0.29, 0.717) is 0 Å². The van der Waals surface area contributed by atoms with E-state index in [-0.39, 0.29) is 29.1 Å². The van der Waals surface area contributed by atoms with Crippen LogP contribution in [0.2, 0.25) is 0 Å². The molecule has 2 fully saturated rings. The lowest BCUT2D eigenvalue weighted by molar-refractivity contribution is -0.161. The molecule has 0 radical (unpaired) electrons. The first-order valence-corrected chi connectivity index (χ1v) is 5.78. The summed E-state index contributed by atoms with van der Waals surface area (Å²) >= 11 is 0. The monoisotopic (exact) mass is 225 g/mol. The zero-order valence-corrected chi connectivity index (χ0v) is 10.1. The van der Waals surface area contributed by atoms with Crippen LogP contribution < -0.4 is 5.73 Å². The molecule has 90 valence electrons. The van der Waals surface area contributed by atoms with Crippen LogP contribution in [-0.4, -0.2) is 24.4 Å². The van der Waals surface area contributed by atoms with Gasteiger partial charge in [-0.25, -0.2) is 0 Å². The number of carbonyl (C=O) groups excluding carboxylic acids is 2. The fourth-order valence-corrected chi connectivity index (χ4v) is 3.36. The van der Waals surface area contributed by atoms with Crippen molar-refractivity contribution in [1.29, 1.82) is 0 Å². The van der Waals surface area contributed by atoms with Crippen molar-refractivity contribution in [2.24, 2.45) is 22.5 Å². The SMILES string of the molecule is CC1(C)[C@@H]2CC[C@@]1(C)[C@H](OC(=O)CN)C2=O. The highest BCUT2D eigenvalue weighted by Gasteiger charge is 2.67. The predicted molar refractivity (Wildman–Crippen MR) is 58.6 cm³/mol. The van der Waals surface area contributed by atoms with Crippen LogP contribution in [0.5, 0.6) is 0 Å². The van der Waals surface area contributed by atoms with E-state index in [1.54, 1.807) is 0 Å². The van der Waals surface area contributed by atoms with E-state index < -0.39 is 12.1 Å². The number of ketones is 1. The summed E-state index contributed by atoms with van der Waals surface area (Å²) in [5.41, 5.74) is 4.92. The highest BCUT2D eigenvalue weighted by molar-refractivity contribution is 5.93. The Morgan fingerprint density at radius 2 is 2.12 bits per heavy atom. The lowest BCUT2D eigenvalue weighted by atomic mass is 9.70. The molecule has 16 heavy (non-hydrogen) atoms. The standard InChI is InChI=1S/C12H19NO3/c1-11(2)7-4-5-12(11,3)10(9(7)15)16-8(14)6-13/h7,10H,4-6,13H2,1-3H3/t7-,10-,12+/m1/s1. The van der Waals surface area contributed by atoms with E-state index in [2.05, 4.69) is 13.8 Å². The summed E-state index contributed by atoms with van der Waals surface area (Å²) in [6, 6.07) is 0. The largest absolute Gasteiger partial charge is 0.453 e. The number of hydrogen-bond acceptors (Lipinski definition) is 4. The van der Waals surface area contributed by atoms with Gasteiger partial charge < -0.3 is 10.5 Å². The van der Waals surface area contributed by atoms with Crippen LogP contribution >= 0.6 is 0 Å². The van der Waals surface area contributed by atoms with Crippen LogP contribution in [-0.2, 0) is 14.3 Å². The van der Waals surface area contributed by atoms with Crippen molar-refractivity contribution < 1.29 is 14.3 Å². The van der Waals surface area contributed by atoms with Gasteiger partial charge >= 0.3 is 5.97 Å². The maximum absolute atomic E-state index is 12.1. The second-order valence-corrected chi connectivity index (χ2v) is 5.71. The molecule has 3 atom stereocenters. The summed E-state index contributed by atoms with van der Waals surface area (Å²) in [6.45, 7) is 6.08. The van der Waals surface area contributed by atoms with Gasteiger partial charge in [0, 0.05) is 11.3 Å². The van der Waals surface area contributed by atoms with Crippen LogP contribution in [0.4, 0.5) is 0 Å². The summed E-state index contributed by atoms with van der Waals surface area (Å²) < 4.78 is 5.23. The molecular weight excluding hydrogens is 206 g/mol. The van der Waals surface area contributed by atoms with Crippen molar-refractivity contribution in [3.63, 3.8) is 0 Å². The minimum atomic E-state index is -0.586. The van der Waals surface area contributed by atoms with Gasteiger partial charge in [0.05, 0.1) is 6.54 Å². The molecule has 0 heterocycles. The number of esters is 1. The summed E-state index contributed by atoms with van der Waals surface area (Å²) in [5, 5.41) is 0. The molecule has 0 saturated heterocycles. The third-order valence-corrected chi connectivity index (χ3v) is 4.89. The van der Waals surface area contributed by atoms with Gasteiger partial charge in [-0.15, -0.1) is 0 Å². The molecule has 2 N–H and O–H groups in total. The Balaban J connectivity index is 2.29. The van der Waals surface area contributed by atoms with Crippen LogP contribution in [0.25, 0.3) is 0 Å². The van der Waals surface area contributed by atoms with E-state index in [4.69, 9.17) is 10.5 Å². The Labute approximate surface area is 95.5 Å². The Kier molecular flexibility index (Phi) is 2.38. The number of carbonyl (C=O) groups is 2. The van der Waals surface area contributed by atoms with Gasteiger partial charge in [-0.2, -0.15) is 0 Å². The molecule has 0 aliphatic heterocycles. The maximum Gasteiger partial charge on any atom is 0.320 e. The Morgan fingerprint density at radius 1 is 1.50 bits per heavy atom. The number of rotatable bonds is 2. The minimum absolute atomic E-state index is 0.0353. The molecule has 0 aromatic rings. The Bertz CT molecular complexity index is 350. The van der Waals surface area contributed by atoms with Gasteiger partial charge in [-0.05, 0) is 18.3 Å². The Morgan fingerprint density at radius 3 is 2.56 bits per heavy atom. The molecule has 2 saturated carbocycles. The third-order valence-electron chi connectivity index (χ3n) is 4.89. The minimum Gasteiger partial charge on any atom is -0.453 e. The number of fused-ring (bicyclic) bond motifs is 2. The summed E-state index contributed by atoms with van der Waals surface area (Å²) in [6.07, 6.45) is 1.27. The highest BCUT2D eigenvalue weighted by Crippen LogP contribution is 2.64. The van der Waals surface area contributed by atoms with E-state index in [1.165, 1.54) is 0 Å². The summed E-state index contributed by atoms with van der Waals surface area (Å²) in [7, 11) is 0. The van der Waals surface area contributed by atoms with Crippen molar-refractivity contribution in [3.8, 4) is 0 Å². The van der Waals surface area contributed by atoms with Gasteiger partial charge in [-0.3, -0.25) is 9.59 Å². The fourth-order valence-electron chi connectivity index (χ4n) is 3.36. The molecule has 0 aromatic heterocycles. The van der Waals surface area contributed by atoms with E-state index in [0.717, 1.165) is 12.8 Å². The van der Waals surface area contributed by atoms with Crippen molar-refractivity contribution >= 4 is 11.8 Å². The van der Waals surface area contributed by atoms with Crippen molar-refractivity contribution in [3.05, 3.63) is 0 Å². The first-order chi connectivity index (χ1) is 7.34. The molecule has 4 heteroatoms. The molecule has 2 bridgehead atoms. The van der Waals surface area contributed by atoms with E-state index >= 15 is 0 Å². The quantitative estimate of drug-likeness (QED) is 0.708. The van der Waals surface area contributed by atoms with Gasteiger partial charge in [0.1, 0.15) is 0 Å². The molecule has 4 nitrogen and oxygen atoms in total. The first-order valence-electron chi connectivity index (χ1n) is 5.78. The highest BCUT2D eigenvalue weighted by atomic mass is 16.5. The van der Waals surface area contributed by atoms with Gasteiger partial charge in [-0.1, -0.05) is 20.8 Å². The van der Waals surface area contributed by atoms with E-state index in [9.17, 15) is 9.59 Å². The number of hydrogen-bond donors (Lipinski definition) is 1. The van der Waals surface area contributed by atoms with E-state index in [1.807, 2.05) is 6.92 Å². The summed E-state index contributed by atoms with van der Waals surface area (Å²) in [5.74, 6) is -0.364. The van der Waals surface area contributed by atoms with Gasteiger partial charge in [0.15, 0.2) is 11.9 Å². The number of Topliss-reactive ketones (excluding diaryl/α,β-unsaturated/α-hetero) is 1. The normalized spacial score (nSPS) is 40.1. The molecule has 2 rings (SSSR count). The topological polar surface area (TPSA) is 69.4 Å².